The summed E-state index contributed by atoms with van der Waals surface area (Å²) >= 11 is 11.8. The number of carbonyl (C=O) groups is 2. The number of pyridine rings is 1. The van der Waals surface area contributed by atoms with Gasteiger partial charge in [-0.15, -0.1) is 0 Å². The van der Waals surface area contributed by atoms with Gasteiger partial charge in [-0.1, -0.05) is 23.2 Å². The monoisotopic (exact) mass is 363 g/mol. The van der Waals surface area contributed by atoms with Gasteiger partial charge in [0.2, 0.25) is 0 Å². The maximum Gasteiger partial charge on any atom is 0.274 e. The molecule has 1 aromatic heterocycles. The molecular weight excluding hydrogens is 349 g/mol. The van der Waals surface area contributed by atoms with Crippen LogP contribution in [0.4, 0.5) is 5.69 Å². The molecule has 124 valence electrons. The third-order valence-corrected chi connectivity index (χ3v) is 4.19. The van der Waals surface area contributed by atoms with Gasteiger partial charge >= 0.3 is 0 Å². The van der Waals surface area contributed by atoms with Crippen LogP contribution in [0.3, 0.4) is 0 Å². The molecule has 2 amide bonds. The average molecular weight is 364 g/mol. The van der Waals surface area contributed by atoms with Crippen LogP contribution in [-0.2, 0) is 0 Å². The highest BCUT2D eigenvalue weighted by atomic mass is 35.5. The number of benzene rings is 1. The number of likely N-dealkylation sites (tertiary alicyclic amines) is 1. The second kappa shape index (κ2) is 7.20. The lowest BCUT2D eigenvalue weighted by atomic mass is 10.2. The number of nitrogens with one attached hydrogen (secondary N) is 1. The number of nitrogens with zero attached hydrogens (tertiary/aromatic N) is 2. The molecule has 1 aliphatic rings. The summed E-state index contributed by atoms with van der Waals surface area (Å²) in [5, 5.41) is 3.52. The Labute approximate surface area is 149 Å². The van der Waals surface area contributed by atoms with Crippen LogP contribution in [0, 0.1) is 0 Å². The van der Waals surface area contributed by atoms with Crippen molar-refractivity contribution in [1.82, 2.24) is 9.88 Å². The maximum absolute atomic E-state index is 12.4. The van der Waals surface area contributed by atoms with Gasteiger partial charge < -0.3 is 10.2 Å². The first-order valence-corrected chi connectivity index (χ1v) is 8.31. The smallest absolute Gasteiger partial charge is 0.274 e. The molecule has 2 heterocycles. The third kappa shape index (κ3) is 3.86. The molecule has 0 unspecified atom stereocenters. The van der Waals surface area contributed by atoms with Gasteiger partial charge in [0, 0.05) is 40.6 Å². The molecule has 0 atom stereocenters. The Morgan fingerprint density at radius 1 is 1.04 bits per heavy atom. The van der Waals surface area contributed by atoms with Crippen molar-refractivity contribution in [3.63, 3.8) is 0 Å². The van der Waals surface area contributed by atoms with E-state index in [1.807, 2.05) is 0 Å². The van der Waals surface area contributed by atoms with Crippen LogP contribution in [0.1, 0.15) is 33.7 Å². The fourth-order valence-electron chi connectivity index (χ4n) is 2.61. The molecule has 2 aromatic rings. The highest BCUT2D eigenvalue weighted by molar-refractivity contribution is 6.35. The summed E-state index contributed by atoms with van der Waals surface area (Å²) in [6.45, 7) is 1.51. The van der Waals surface area contributed by atoms with E-state index in [-0.39, 0.29) is 11.6 Å². The lowest BCUT2D eigenvalue weighted by Crippen LogP contribution is -2.28. The standard InChI is InChI=1S/C17H15Cl2N3O2/c18-12-8-13(19)10-14(9-12)21-16(23)15-7-11(3-4-20-15)17(24)22-5-1-2-6-22/h3-4,7-10H,1-2,5-6H2,(H,21,23). The van der Waals surface area contributed by atoms with E-state index in [1.54, 1.807) is 29.2 Å². The van der Waals surface area contributed by atoms with Crippen molar-refractivity contribution in [3.05, 3.63) is 57.8 Å². The van der Waals surface area contributed by atoms with Crippen LogP contribution < -0.4 is 5.32 Å². The maximum atomic E-state index is 12.4. The number of halogens is 2. The molecule has 1 aromatic carbocycles. The highest BCUT2D eigenvalue weighted by Crippen LogP contribution is 2.23. The number of carbonyl (C=O) groups excluding carboxylic acids is 2. The molecule has 3 rings (SSSR count). The fraction of sp³-hybridized carbons (Fsp3) is 0.235. The normalized spacial score (nSPS) is 13.8. The lowest BCUT2D eigenvalue weighted by molar-refractivity contribution is 0.0792. The van der Waals surface area contributed by atoms with Gasteiger partial charge in [0.15, 0.2) is 0 Å². The highest BCUT2D eigenvalue weighted by Gasteiger charge is 2.20. The number of aromatic nitrogens is 1. The van der Waals surface area contributed by atoms with Crippen LogP contribution in [0.15, 0.2) is 36.5 Å². The summed E-state index contributed by atoms with van der Waals surface area (Å²) in [6.07, 6.45) is 3.49. The van der Waals surface area contributed by atoms with Gasteiger partial charge in [-0.25, -0.2) is 0 Å². The predicted octanol–water partition coefficient (Wildman–Crippen LogP) is 3.88. The topological polar surface area (TPSA) is 62.3 Å². The Hall–Kier alpha value is -2.11. The van der Waals surface area contributed by atoms with Crippen molar-refractivity contribution in [1.29, 1.82) is 0 Å². The Morgan fingerprint density at radius 2 is 1.71 bits per heavy atom. The Kier molecular flexibility index (Phi) is 5.02. The van der Waals surface area contributed by atoms with E-state index in [0.717, 1.165) is 25.9 Å². The van der Waals surface area contributed by atoms with Crippen LogP contribution in [-0.4, -0.2) is 34.8 Å². The predicted molar refractivity (Wildman–Crippen MR) is 93.8 cm³/mol. The first-order valence-electron chi connectivity index (χ1n) is 7.56. The summed E-state index contributed by atoms with van der Waals surface area (Å²) < 4.78 is 0. The summed E-state index contributed by atoms with van der Waals surface area (Å²) in [4.78, 5) is 30.6. The second-order valence-electron chi connectivity index (χ2n) is 5.54. The zero-order chi connectivity index (χ0) is 17.1. The van der Waals surface area contributed by atoms with Gasteiger partial charge in [0.05, 0.1) is 0 Å². The minimum atomic E-state index is -0.426. The van der Waals surface area contributed by atoms with Crippen molar-refractivity contribution in [2.24, 2.45) is 0 Å². The molecule has 1 aliphatic heterocycles. The zero-order valence-corrected chi connectivity index (χ0v) is 14.3. The largest absolute Gasteiger partial charge is 0.339 e. The molecule has 0 spiro atoms. The van der Waals surface area contributed by atoms with Crippen LogP contribution >= 0.6 is 23.2 Å². The third-order valence-electron chi connectivity index (χ3n) is 3.75. The molecule has 5 nitrogen and oxygen atoms in total. The quantitative estimate of drug-likeness (QED) is 0.899. The van der Waals surface area contributed by atoms with E-state index >= 15 is 0 Å². The molecule has 0 saturated carbocycles. The van der Waals surface area contributed by atoms with E-state index in [1.165, 1.54) is 12.3 Å². The SMILES string of the molecule is O=C(Nc1cc(Cl)cc(Cl)c1)c1cc(C(=O)N2CCCC2)ccn1. The number of amides is 2. The first-order chi connectivity index (χ1) is 11.5. The number of rotatable bonds is 3. The van der Waals surface area contributed by atoms with Crippen molar-refractivity contribution in [2.75, 3.05) is 18.4 Å². The summed E-state index contributed by atoms with van der Waals surface area (Å²) in [6, 6.07) is 7.87. The summed E-state index contributed by atoms with van der Waals surface area (Å²) in [5.41, 5.74) is 1.09. The van der Waals surface area contributed by atoms with E-state index in [9.17, 15) is 9.59 Å². The lowest BCUT2D eigenvalue weighted by Gasteiger charge is -2.15. The van der Waals surface area contributed by atoms with Crippen LogP contribution in [0.2, 0.25) is 10.0 Å². The Balaban J connectivity index is 1.77. The molecule has 1 saturated heterocycles. The number of hydrogen-bond donors (Lipinski definition) is 1. The van der Waals surface area contributed by atoms with Gasteiger partial charge in [-0.05, 0) is 43.2 Å². The Bertz CT molecular complexity index is 769. The van der Waals surface area contributed by atoms with Crippen molar-refractivity contribution < 1.29 is 9.59 Å². The molecule has 24 heavy (non-hydrogen) atoms. The average Bonchev–Trinajstić information content (AvgIpc) is 3.07. The van der Waals surface area contributed by atoms with Crippen LogP contribution in [0.25, 0.3) is 0 Å². The second-order valence-corrected chi connectivity index (χ2v) is 6.41. The molecule has 7 heteroatoms. The summed E-state index contributed by atoms with van der Waals surface area (Å²) in [7, 11) is 0. The molecular formula is C17H15Cl2N3O2. The molecule has 1 fully saturated rings. The van der Waals surface area contributed by atoms with Gasteiger partial charge in [0.1, 0.15) is 5.69 Å². The molecule has 1 N–H and O–H groups in total. The van der Waals surface area contributed by atoms with Crippen molar-refractivity contribution in [2.45, 2.75) is 12.8 Å². The number of hydrogen-bond acceptors (Lipinski definition) is 3. The van der Waals surface area contributed by atoms with E-state index < -0.39 is 5.91 Å². The zero-order valence-electron chi connectivity index (χ0n) is 12.8. The van der Waals surface area contributed by atoms with Gasteiger partial charge in [0.25, 0.3) is 11.8 Å². The Morgan fingerprint density at radius 3 is 2.38 bits per heavy atom. The minimum absolute atomic E-state index is 0.0743. The molecule has 0 aliphatic carbocycles. The van der Waals surface area contributed by atoms with E-state index in [4.69, 9.17) is 23.2 Å². The number of anilines is 1. The summed E-state index contributed by atoms with van der Waals surface area (Å²) in [5.74, 6) is -0.501. The van der Waals surface area contributed by atoms with Gasteiger partial charge in [-0.3, -0.25) is 14.6 Å². The van der Waals surface area contributed by atoms with E-state index in [0.29, 0.717) is 21.3 Å². The van der Waals surface area contributed by atoms with Crippen LogP contribution in [0.5, 0.6) is 0 Å². The minimum Gasteiger partial charge on any atom is -0.339 e. The van der Waals surface area contributed by atoms with E-state index in [2.05, 4.69) is 10.3 Å². The fourth-order valence-corrected chi connectivity index (χ4v) is 3.14. The molecule has 0 radical (unpaired) electrons. The first kappa shape index (κ1) is 16.7. The molecule has 0 bridgehead atoms. The van der Waals surface area contributed by atoms with Crippen molar-refractivity contribution >= 4 is 40.7 Å². The van der Waals surface area contributed by atoms with Crippen molar-refractivity contribution in [3.8, 4) is 0 Å². The van der Waals surface area contributed by atoms with Gasteiger partial charge in [-0.2, -0.15) is 0 Å².